The third-order valence-corrected chi connectivity index (χ3v) is 7.12. The highest BCUT2D eigenvalue weighted by atomic mass is 35.5. The van der Waals surface area contributed by atoms with Crippen LogP contribution in [0.5, 0.6) is 0 Å². The normalized spacial score (nSPS) is 21.1. The molecule has 3 N–H and O–H groups in total. The van der Waals surface area contributed by atoms with Crippen molar-refractivity contribution in [1.82, 2.24) is 24.7 Å². The van der Waals surface area contributed by atoms with Gasteiger partial charge in [-0.2, -0.15) is 5.01 Å². The summed E-state index contributed by atoms with van der Waals surface area (Å²) in [5, 5.41) is 27.3. The molecule has 2 rings (SSSR count). The van der Waals surface area contributed by atoms with Crippen molar-refractivity contribution in [3.8, 4) is 0 Å². The van der Waals surface area contributed by atoms with Crippen molar-refractivity contribution in [2.24, 2.45) is 5.41 Å². The molecular formula is C25H39ClFN5O7. The number of halogens is 2. The third kappa shape index (κ3) is 5.74. The highest BCUT2D eigenvalue weighted by Gasteiger charge is 2.65. The summed E-state index contributed by atoms with van der Waals surface area (Å²) in [7, 11) is 1.55. The molecule has 1 aromatic rings. The van der Waals surface area contributed by atoms with E-state index in [0.717, 1.165) is 0 Å². The van der Waals surface area contributed by atoms with Gasteiger partial charge >= 0.3 is 18.3 Å². The first-order chi connectivity index (χ1) is 17.5. The predicted octanol–water partition coefficient (Wildman–Crippen LogP) is 5.88. The van der Waals surface area contributed by atoms with E-state index in [1.807, 2.05) is 0 Å². The molecule has 12 nitrogen and oxygen atoms in total. The number of hydrazine groups is 1. The van der Waals surface area contributed by atoms with Crippen LogP contribution in [0.4, 0.5) is 18.8 Å². The second kappa shape index (κ2) is 10.4. The molecular weight excluding hydrogens is 537 g/mol. The Balaban J connectivity index is 3.14. The molecule has 0 aliphatic carbocycles. The molecule has 0 radical (unpaired) electrons. The first-order valence-electron chi connectivity index (χ1n) is 12.2. The molecule has 39 heavy (non-hydrogen) atoms. The van der Waals surface area contributed by atoms with Crippen LogP contribution in [0.25, 0.3) is 0 Å². The number of carbonyl (C=O) groups is 3. The predicted molar refractivity (Wildman–Crippen MR) is 141 cm³/mol. The van der Waals surface area contributed by atoms with Crippen LogP contribution in [-0.4, -0.2) is 87.7 Å². The summed E-state index contributed by atoms with van der Waals surface area (Å²) in [5.74, 6) is -0.814. The lowest BCUT2D eigenvalue weighted by Crippen LogP contribution is -2.79. The summed E-state index contributed by atoms with van der Waals surface area (Å²) in [6, 6.07) is 3.33. The fourth-order valence-corrected chi connectivity index (χ4v) is 5.54. The van der Waals surface area contributed by atoms with E-state index < -0.39 is 56.9 Å². The highest BCUT2D eigenvalue weighted by Crippen LogP contribution is 2.56. The molecule has 220 valence electrons. The zero-order valence-corrected chi connectivity index (χ0v) is 24.7. The summed E-state index contributed by atoms with van der Waals surface area (Å²) in [5.41, 5.74) is -2.99. The Bertz CT molecular complexity index is 1110. The summed E-state index contributed by atoms with van der Waals surface area (Å²) in [4.78, 5) is 41.0. The number of nitrogens with zero attached hydrogens (tertiary/aromatic N) is 5. The molecule has 0 aromatic carbocycles. The van der Waals surface area contributed by atoms with Crippen molar-refractivity contribution in [2.75, 3.05) is 7.05 Å². The highest BCUT2D eigenvalue weighted by molar-refractivity contribution is 6.24. The van der Waals surface area contributed by atoms with Crippen molar-refractivity contribution in [3.05, 3.63) is 35.8 Å². The van der Waals surface area contributed by atoms with Gasteiger partial charge in [0.2, 0.25) is 0 Å². The van der Waals surface area contributed by atoms with Gasteiger partial charge in [-0.1, -0.05) is 32.4 Å². The van der Waals surface area contributed by atoms with Gasteiger partial charge < -0.3 is 29.5 Å². The SMILES string of the molecule is CN(Cc1ccco1)C1=C(F)C(N(C(=O)O)N(C(=O)O)C(=O)O)N(C(C)(C)C)C(Cl)(C(C)(C)C)N1C(C)(C)C. The summed E-state index contributed by atoms with van der Waals surface area (Å²) >= 11 is 7.61. The fraction of sp³-hybridized carbons (Fsp3) is 0.640. The van der Waals surface area contributed by atoms with Crippen LogP contribution in [0.2, 0.25) is 0 Å². The van der Waals surface area contributed by atoms with Gasteiger partial charge in [0.05, 0.1) is 12.8 Å². The van der Waals surface area contributed by atoms with Gasteiger partial charge in [-0.25, -0.2) is 23.7 Å². The summed E-state index contributed by atoms with van der Waals surface area (Å²) in [6.45, 7) is 15.7. The smallest absolute Gasteiger partial charge is 0.436 e. The molecule has 0 saturated heterocycles. The van der Waals surface area contributed by atoms with Crippen molar-refractivity contribution in [2.45, 2.75) is 91.2 Å². The summed E-state index contributed by atoms with van der Waals surface area (Å²) in [6.07, 6.45) is -6.93. The van der Waals surface area contributed by atoms with Crippen LogP contribution in [-0.2, 0) is 6.54 Å². The van der Waals surface area contributed by atoms with E-state index in [2.05, 4.69) is 0 Å². The van der Waals surface area contributed by atoms with E-state index in [1.165, 1.54) is 16.1 Å². The monoisotopic (exact) mass is 575 g/mol. The van der Waals surface area contributed by atoms with Gasteiger partial charge in [-0.05, 0) is 53.7 Å². The number of carboxylic acid groups (broad SMARTS) is 3. The molecule has 1 aliphatic rings. The van der Waals surface area contributed by atoms with Crippen LogP contribution in [0.3, 0.4) is 0 Å². The first-order valence-corrected chi connectivity index (χ1v) is 12.6. The molecule has 0 fully saturated rings. The number of furan rings is 1. The van der Waals surface area contributed by atoms with Gasteiger partial charge in [-0.3, -0.25) is 0 Å². The molecule has 0 saturated carbocycles. The number of imide groups is 1. The van der Waals surface area contributed by atoms with E-state index >= 15 is 4.39 Å². The second-order valence-electron chi connectivity index (χ2n) is 12.4. The topological polar surface area (TPSA) is 141 Å². The molecule has 1 aromatic heterocycles. The molecule has 14 heteroatoms. The van der Waals surface area contributed by atoms with Gasteiger partial charge in [0.1, 0.15) is 11.6 Å². The molecule has 2 atom stereocenters. The molecule has 0 bridgehead atoms. The Labute approximate surface area is 232 Å². The van der Waals surface area contributed by atoms with Crippen LogP contribution < -0.4 is 0 Å². The minimum absolute atomic E-state index is 0.0380. The van der Waals surface area contributed by atoms with E-state index in [-0.39, 0.29) is 17.4 Å². The fourth-order valence-electron chi connectivity index (χ4n) is 4.86. The molecule has 2 unspecified atom stereocenters. The van der Waals surface area contributed by atoms with Crippen molar-refractivity contribution >= 4 is 29.9 Å². The van der Waals surface area contributed by atoms with Crippen LogP contribution in [0, 0.1) is 5.41 Å². The van der Waals surface area contributed by atoms with E-state index in [1.54, 1.807) is 86.4 Å². The average molecular weight is 576 g/mol. The lowest BCUT2D eigenvalue weighted by atomic mass is 9.82. The van der Waals surface area contributed by atoms with Gasteiger partial charge in [0.15, 0.2) is 17.1 Å². The Kier molecular flexibility index (Phi) is 8.55. The van der Waals surface area contributed by atoms with Crippen molar-refractivity contribution in [3.63, 3.8) is 0 Å². The zero-order valence-electron chi connectivity index (χ0n) is 24.0. The quantitative estimate of drug-likeness (QED) is 0.226. The maximum absolute atomic E-state index is 17.1. The van der Waals surface area contributed by atoms with Gasteiger partial charge in [0.25, 0.3) is 0 Å². The largest absolute Gasteiger partial charge is 0.467 e. The minimum atomic E-state index is -2.13. The maximum atomic E-state index is 17.1. The number of hydrogen-bond donors (Lipinski definition) is 3. The van der Waals surface area contributed by atoms with Crippen molar-refractivity contribution in [1.29, 1.82) is 0 Å². The second-order valence-corrected chi connectivity index (χ2v) is 12.9. The third-order valence-electron chi connectivity index (χ3n) is 6.20. The molecule has 0 spiro atoms. The molecule has 2 heterocycles. The average Bonchev–Trinajstić information content (AvgIpc) is 3.22. The Morgan fingerprint density at radius 2 is 1.51 bits per heavy atom. The number of alkyl halides is 1. The number of hydrogen-bond acceptors (Lipinski definition) is 7. The molecule has 3 amide bonds. The lowest BCUT2D eigenvalue weighted by Gasteiger charge is -2.67. The number of amides is 3. The van der Waals surface area contributed by atoms with E-state index in [9.17, 15) is 29.7 Å². The lowest BCUT2D eigenvalue weighted by molar-refractivity contribution is -0.204. The van der Waals surface area contributed by atoms with Gasteiger partial charge in [-0.15, -0.1) is 5.01 Å². The van der Waals surface area contributed by atoms with E-state index in [0.29, 0.717) is 5.76 Å². The Hall–Kier alpha value is -3.19. The molecule has 1 aliphatic heterocycles. The van der Waals surface area contributed by atoms with Gasteiger partial charge in [0, 0.05) is 23.5 Å². The van der Waals surface area contributed by atoms with Crippen molar-refractivity contribution < 1.29 is 38.5 Å². The Morgan fingerprint density at radius 1 is 1.00 bits per heavy atom. The standard InChI is InChI=1S/C25H39ClFN5O7/c1-22(2,3)25(26)31(23(4,5)6)17(28(10)14-15-12-11-13-39-15)16(27)18(32(25)24(7,8)9)29(19(33)34)30(20(35)36)21(37)38/h11-13,18H,14H2,1-10H3,(H,33,34)(H,35,36)(H,37,38). The summed E-state index contributed by atoms with van der Waals surface area (Å²) < 4.78 is 22.6. The maximum Gasteiger partial charge on any atom is 0.436 e. The van der Waals surface area contributed by atoms with E-state index in [4.69, 9.17) is 16.0 Å². The number of rotatable bonds is 4. The minimum Gasteiger partial charge on any atom is -0.467 e. The Morgan fingerprint density at radius 3 is 1.85 bits per heavy atom. The van der Waals surface area contributed by atoms with Crippen LogP contribution in [0.15, 0.2) is 34.5 Å². The van der Waals surface area contributed by atoms with Crippen LogP contribution >= 0.6 is 11.6 Å². The zero-order chi connectivity index (χ0) is 30.5. The van der Waals surface area contributed by atoms with Crippen LogP contribution in [0.1, 0.15) is 68.1 Å². The first kappa shape index (κ1) is 32.0.